The molecule has 1 saturated carbocycles. The van der Waals surface area contributed by atoms with Gasteiger partial charge in [0.05, 0.1) is 6.61 Å². The van der Waals surface area contributed by atoms with Crippen LogP contribution in [0.15, 0.2) is 18.2 Å². The molecule has 14 heavy (non-hydrogen) atoms. The lowest BCUT2D eigenvalue weighted by molar-refractivity contribution is -0.108. The number of rotatable bonds is 2. The van der Waals surface area contributed by atoms with Crippen molar-refractivity contribution in [3.8, 4) is 5.75 Å². The zero-order valence-electron chi connectivity index (χ0n) is 7.90. The molecule has 0 saturated heterocycles. The molecule has 0 bridgehead atoms. The number of benzene rings is 1. The van der Waals surface area contributed by atoms with Crippen molar-refractivity contribution in [2.75, 3.05) is 6.61 Å². The van der Waals surface area contributed by atoms with Crippen molar-refractivity contribution in [3.05, 3.63) is 29.3 Å². The maximum Gasteiger partial charge on any atom is 0.126 e. The second-order valence-electron chi connectivity index (χ2n) is 4.08. The third kappa shape index (κ3) is 1.07. The van der Waals surface area contributed by atoms with E-state index in [1.165, 1.54) is 11.1 Å². The van der Waals surface area contributed by atoms with Crippen molar-refractivity contribution < 1.29 is 9.53 Å². The van der Waals surface area contributed by atoms with Gasteiger partial charge in [-0.15, -0.1) is 0 Å². The molecule has 1 fully saturated rings. The average Bonchev–Trinajstić information content (AvgIpc) is 2.85. The Labute approximate surface area is 82.9 Å². The Kier molecular flexibility index (Phi) is 1.63. The van der Waals surface area contributed by atoms with Gasteiger partial charge in [0.1, 0.15) is 12.0 Å². The van der Waals surface area contributed by atoms with E-state index in [9.17, 15) is 4.79 Å². The van der Waals surface area contributed by atoms with Gasteiger partial charge in [-0.3, -0.25) is 0 Å². The van der Waals surface area contributed by atoms with E-state index in [-0.39, 0.29) is 5.92 Å². The minimum Gasteiger partial charge on any atom is -0.493 e. The average molecular weight is 188 g/mol. The maximum absolute atomic E-state index is 10.6. The minimum absolute atomic E-state index is 0.241. The molecule has 2 atom stereocenters. The van der Waals surface area contributed by atoms with Crippen molar-refractivity contribution in [3.63, 3.8) is 0 Å². The number of hydrogen-bond acceptors (Lipinski definition) is 2. The number of fused-ring (bicyclic) bond motifs is 1. The Morgan fingerprint density at radius 2 is 2.36 bits per heavy atom. The van der Waals surface area contributed by atoms with Gasteiger partial charge in [0.2, 0.25) is 0 Å². The van der Waals surface area contributed by atoms with Crippen molar-refractivity contribution in [1.82, 2.24) is 0 Å². The first-order valence-corrected chi connectivity index (χ1v) is 5.10. The van der Waals surface area contributed by atoms with E-state index < -0.39 is 0 Å². The van der Waals surface area contributed by atoms with Gasteiger partial charge in [-0.05, 0) is 23.5 Å². The fraction of sp³-hybridized carbons (Fsp3) is 0.417. The Bertz CT molecular complexity index is 384. The highest BCUT2D eigenvalue weighted by Gasteiger charge is 2.40. The van der Waals surface area contributed by atoms with Crippen LogP contribution in [0, 0.1) is 5.92 Å². The monoisotopic (exact) mass is 188 g/mol. The first-order valence-electron chi connectivity index (χ1n) is 5.10. The normalized spacial score (nSPS) is 28.0. The molecule has 0 N–H and O–H groups in total. The summed E-state index contributed by atoms with van der Waals surface area (Å²) < 4.78 is 5.61. The molecule has 1 heterocycles. The Morgan fingerprint density at radius 1 is 1.43 bits per heavy atom. The SMILES string of the molecule is O=C[C@@H]1C[C@H]1c1cccc2c1OCC2. The molecule has 0 unspecified atom stereocenters. The Hall–Kier alpha value is -1.31. The van der Waals surface area contributed by atoms with Crippen LogP contribution in [0.1, 0.15) is 23.5 Å². The topological polar surface area (TPSA) is 26.3 Å². The predicted molar refractivity (Wildman–Crippen MR) is 52.6 cm³/mol. The summed E-state index contributed by atoms with van der Waals surface area (Å²) in [5, 5.41) is 0. The molecule has 1 aliphatic carbocycles. The summed E-state index contributed by atoms with van der Waals surface area (Å²) in [4.78, 5) is 10.6. The lowest BCUT2D eigenvalue weighted by Crippen LogP contribution is -1.91. The molecule has 1 aromatic carbocycles. The van der Waals surface area contributed by atoms with E-state index in [0.29, 0.717) is 5.92 Å². The summed E-state index contributed by atoms with van der Waals surface area (Å²) in [5.41, 5.74) is 2.55. The maximum atomic E-state index is 10.6. The van der Waals surface area contributed by atoms with Crippen LogP contribution in [0.4, 0.5) is 0 Å². The number of ether oxygens (including phenoxy) is 1. The standard InChI is InChI=1S/C12H12O2/c13-7-9-6-11(9)10-3-1-2-8-4-5-14-12(8)10/h1-3,7,9,11H,4-6H2/t9-,11+/m0/s1. The van der Waals surface area contributed by atoms with E-state index in [4.69, 9.17) is 4.74 Å². The van der Waals surface area contributed by atoms with Gasteiger partial charge in [-0.2, -0.15) is 0 Å². The van der Waals surface area contributed by atoms with Gasteiger partial charge < -0.3 is 9.53 Å². The summed E-state index contributed by atoms with van der Waals surface area (Å²) in [6.45, 7) is 0.796. The lowest BCUT2D eigenvalue weighted by atomic mass is 10.0. The highest BCUT2D eigenvalue weighted by molar-refractivity contribution is 5.63. The number of carbonyl (C=O) groups excluding carboxylic acids is 1. The highest BCUT2D eigenvalue weighted by Crippen LogP contribution is 2.50. The molecule has 0 amide bonds. The largest absolute Gasteiger partial charge is 0.493 e. The van der Waals surface area contributed by atoms with E-state index in [1.54, 1.807) is 0 Å². The minimum atomic E-state index is 0.241. The quantitative estimate of drug-likeness (QED) is 0.663. The molecule has 2 aliphatic rings. The van der Waals surface area contributed by atoms with Gasteiger partial charge in [-0.1, -0.05) is 18.2 Å². The molecule has 2 heteroatoms. The number of carbonyl (C=O) groups is 1. The van der Waals surface area contributed by atoms with Crippen LogP contribution >= 0.6 is 0 Å². The molecule has 0 radical (unpaired) electrons. The fourth-order valence-electron chi connectivity index (χ4n) is 2.26. The van der Waals surface area contributed by atoms with Gasteiger partial charge >= 0.3 is 0 Å². The van der Waals surface area contributed by atoms with E-state index in [0.717, 1.165) is 31.5 Å². The van der Waals surface area contributed by atoms with Crippen LogP contribution in [0.3, 0.4) is 0 Å². The fourth-order valence-corrected chi connectivity index (χ4v) is 2.26. The van der Waals surface area contributed by atoms with E-state index in [1.807, 2.05) is 0 Å². The number of hydrogen-bond donors (Lipinski definition) is 0. The highest BCUT2D eigenvalue weighted by atomic mass is 16.5. The van der Waals surface area contributed by atoms with Crippen LogP contribution < -0.4 is 4.74 Å². The van der Waals surface area contributed by atoms with Crippen molar-refractivity contribution in [1.29, 1.82) is 0 Å². The zero-order valence-corrected chi connectivity index (χ0v) is 7.90. The number of para-hydroxylation sites is 1. The summed E-state index contributed by atoms with van der Waals surface area (Å²) in [6, 6.07) is 6.28. The van der Waals surface area contributed by atoms with Crippen LogP contribution in [0.25, 0.3) is 0 Å². The number of aldehydes is 1. The molecule has 72 valence electrons. The van der Waals surface area contributed by atoms with Gasteiger partial charge in [0.25, 0.3) is 0 Å². The first kappa shape index (κ1) is 8.04. The molecule has 0 spiro atoms. The third-order valence-electron chi connectivity index (χ3n) is 3.16. The molecular formula is C12H12O2. The molecule has 1 aliphatic heterocycles. The van der Waals surface area contributed by atoms with E-state index >= 15 is 0 Å². The molecule has 1 aromatic rings. The third-order valence-corrected chi connectivity index (χ3v) is 3.16. The lowest BCUT2D eigenvalue weighted by Gasteiger charge is -2.05. The smallest absolute Gasteiger partial charge is 0.126 e. The van der Waals surface area contributed by atoms with Crippen LogP contribution in [-0.4, -0.2) is 12.9 Å². The predicted octanol–water partition coefficient (Wildman–Crippen LogP) is 1.92. The first-order chi connectivity index (χ1) is 6.90. The summed E-state index contributed by atoms with van der Waals surface area (Å²) in [7, 11) is 0. The van der Waals surface area contributed by atoms with E-state index in [2.05, 4.69) is 18.2 Å². The molecule has 0 aromatic heterocycles. The van der Waals surface area contributed by atoms with Gasteiger partial charge in [0, 0.05) is 12.3 Å². The Morgan fingerprint density at radius 3 is 3.14 bits per heavy atom. The van der Waals surface area contributed by atoms with Crippen LogP contribution in [0.5, 0.6) is 5.75 Å². The molecule has 3 rings (SSSR count). The second-order valence-corrected chi connectivity index (χ2v) is 4.08. The van der Waals surface area contributed by atoms with Crippen LogP contribution in [-0.2, 0) is 11.2 Å². The second kappa shape index (κ2) is 2.84. The van der Waals surface area contributed by atoms with Gasteiger partial charge in [-0.25, -0.2) is 0 Å². The zero-order chi connectivity index (χ0) is 9.54. The molecule has 2 nitrogen and oxygen atoms in total. The van der Waals surface area contributed by atoms with Crippen LogP contribution in [0.2, 0.25) is 0 Å². The Balaban J connectivity index is 1.99. The molecular weight excluding hydrogens is 176 g/mol. The summed E-state index contributed by atoms with van der Waals surface area (Å²) >= 11 is 0. The summed E-state index contributed by atoms with van der Waals surface area (Å²) in [5.74, 6) is 1.73. The van der Waals surface area contributed by atoms with Crippen molar-refractivity contribution in [2.45, 2.75) is 18.8 Å². The van der Waals surface area contributed by atoms with Gasteiger partial charge in [0.15, 0.2) is 0 Å². The summed E-state index contributed by atoms with van der Waals surface area (Å²) in [6.07, 6.45) is 3.09. The van der Waals surface area contributed by atoms with Crippen molar-refractivity contribution >= 4 is 6.29 Å². The van der Waals surface area contributed by atoms with Crippen molar-refractivity contribution in [2.24, 2.45) is 5.92 Å².